The van der Waals surface area contributed by atoms with Gasteiger partial charge in [0.15, 0.2) is 0 Å². The van der Waals surface area contributed by atoms with E-state index in [2.05, 4.69) is 0 Å². The van der Waals surface area contributed by atoms with Gasteiger partial charge in [0.25, 0.3) is 0 Å². The third-order valence-corrected chi connectivity index (χ3v) is 1.95. The minimum absolute atomic E-state index is 1.93. The third kappa shape index (κ3) is 6.45. The Kier molecular flexibility index (Phi) is 6.06. The summed E-state index contributed by atoms with van der Waals surface area (Å²) in [4.78, 5) is 3.85. The summed E-state index contributed by atoms with van der Waals surface area (Å²) >= 11 is 0. The quantitative estimate of drug-likeness (QED) is 0.330. The molecule has 24 heavy (non-hydrogen) atoms. The molecule has 0 aromatic rings. The highest BCUT2D eigenvalue weighted by atomic mass is 19.4. The van der Waals surface area contributed by atoms with Crippen molar-refractivity contribution in [3.63, 3.8) is 0 Å². The second-order valence-electron chi connectivity index (χ2n) is 4.19. The first-order valence-electron chi connectivity index (χ1n) is 5.13. The van der Waals surface area contributed by atoms with E-state index in [1.54, 1.807) is 0 Å². The zero-order valence-electron chi connectivity index (χ0n) is 10.5. The summed E-state index contributed by atoms with van der Waals surface area (Å²) < 4.78 is 170. The van der Waals surface area contributed by atoms with Crippen LogP contribution in [0.4, 0.5) is 61.5 Å². The van der Waals surface area contributed by atoms with Crippen molar-refractivity contribution < 1.29 is 71.2 Å². The molecular weight excluding hydrogens is 394 g/mol. The van der Waals surface area contributed by atoms with Gasteiger partial charge >= 0.3 is 36.4 Å². The summed E-state index contributed by atoms with van der Waals surface area (Å²) in [5, 5.41) is 0. The van der Waals surface area contributed by atoms with E-state index in [1.165, 1.54) is 0 Å². The van der Waals surface area contributed by atoms with Crippen molar-refractivity contribution in [1.29, 1.82) is 0 Å². The minimum Gasteiger partial charge on any atom is -0.196 e. The topological polar surface area (TPSA) is 18.5 Å². The van der Waals surface area contributed by atoms with Gasteiger partial charge in [0.05, 0.1) is 0 Å². The molecule has 0 heterocycles. The first kappa shape index (κ1) is 22.9. The van der Waals surface area contributed by atoms with Crippen LogP contribution in [-0.4, -0.2) is 36.4 Å². The first-order valence-corrected chi connectivity index (χ1v) is 5.13. The molecule has 16 heteroatoms. The molecule has 0 atom stereocenters. The van der Waals surface area contributed by atoms with Crippen LogP contribution < -0.4 is 0 Å². The Morgan fingerprint density at radius 3 is 0.792 bits per heavy atom. The fourth-order valence-electron chi connectivity index (χ4n) is 0.936. The monoisotopic (exact) mass is 398 g/mol. The van der Waals surface area contributed by atoms with Gasteiger partial charge in [-0.1, -0.05) is 0 Å². The SMILES string of the molecule is FC(F)(F)CC(F)(F)C(F)(F)OOC(F)(F)C(F)(F)CC(F)(F)F. The van der Waals surface area contributed by atoms with Crippen LogP contribution in [0.2, 0.25) is 0 Å². The Morgan fingerprint density at radius 2 is 0.625 bits per heavy atom. The van der Waals surface area contributed by atoms with E-state index in [-0.39, 0.29) is 0 Å². The van der Waals surface area contributed by atoms with Gasteiger partial charge in [0.2, 0.25) is 0 Å². The lowest BCUT2D eigenvalue weighted by atomic mass is 10.2. The molecule has 0 saturated carbocycles. The summed E-state index contributed by atoms with van der Waals surface area (Å²) in [7, 11) is 0. The second kappa shape index (κ2) is 6.34. The standard InChI is InChI=1S/C8H4F14O2/c9-3(10,1-5(13,14)15)7(19,20)23-24-8(21,22)4(11,12)2-6(16,17)18/h1-2H2. The van der Waals surface area contributed by atoms with E-state index in [9.17, 15) is 61.5 Å². The summed E-state index contributed by atoms with van der Waals surface area (Å²) in [5.74, 6) is -12.5. The van der Waals surface area contributed by atoms with E-state index in [0.29, 0.717) is 0 Å². The highest BCUT2D eigenvalue weighted by Gasteiger charge is 2.68. The molecule has 0 spiro atoms. The Bertz CT molecular complexity index is 381. The summed E-state index contributed by atoms with van der Waals surface area (Å²) in [6.07, 6.45) is -32.2. The molecule has 0 unspecified atom stereocenters. The zero-order valence-corrected chi connectivity index (χ0v) is 10.5. The molecule has 0 aliphatic rings. The Morgan fingerprint density at radius 1 is 0.417 bits per heavy atom. The lowest BCUT2D eigenvalue weighted by molar-refractivity contribution is -0.570. The molecule has 0 fully saturated rings. The maximum absolute atomic E-state index is 12.6. The summed E-state index contributed by atoms with van der Waals surface area (Å²) in [5.41, 5.74) is 0. The first-order chi connectivity index (χ1) is 10.1. The van der Waals surface area contributed by atoms with Gasteiger partial charge in [-0.05, 0) is 0 Å². The molecule has 0 aliphatic heterocycles. The Balaban J connectivity index is 5.14. The number of hydrogen-bond acceptors (Lipinski definition) is 2. The maximum Gasteiger partial charge on any atom is 0.445 e. The molecule has 0 radical (unpaired) electrons. The zero-order chi connectivity index (χ0) is 19.8. The number of alkyl halides is 14. The second-order valence-corrected chi connectivity index (χ2v) is 4.19. The van der Waals surface area contributed by atoms with E-state index in [0.717, 1.165) is 0 Å². The van der Waals surface area contributed by atoms with E-state index < -0.39 is 49.3 Å². The molecule has 0 rings (SSSR count). The molecule has 2 nitrogen and oxygen atoms in total. The predicted molar refractivity (Wildman–Crippen MR) is 43.3 cm³/mol. The van der Waals surface area contributed by atoms with Crippen molar-refractivity contribution in [1.82, 2.24) is 0 Å². The van der Waals surface area contributed by atoms with Crippen LogP contribution >= 0.6 is 0 Å². The van der Waals surface area contributed by atoms with Crippen LogP contribution in [0.25, 0.3) is 0 Å². The van der Waals surface area contributed by atoms with E-state index in [1.807, 2.05) is 9.78 Å². The average Bonchev–Trinajstić information content (AvgIpc) is 2.19. The van der Waals surface area contributed by atoms with Gasteiger partial charge in [-0.3, -0.25) is 0 Å². The normalized spacial score (nSPS) is 15.8. The van der Waals surface area contributed by atoms with Gasteiger partial charge in [-0.25, -0.2) is 0 Å². The Labute approximate surface area is 122 Å². The molecule has 0 saturated heterocycles. The fourth-order valence-corrected chi connectivity index (χ4v) is 0.936. The molecular formula is C8H4F14O2. The molecule has 0 aromatic carbocycles. The fraction of sp³-hybridized carbons (Fsp3) is 1.00. The Hall–Kier alpha value is -1.06. The van der Waals surface area contributed by atoms with Gasteiger partial charge in [-0.15, -0.1) is 0 Å². The van der Waals surface area contributed by atoms with Gasteiger partial charge < -0.3 is 0 Å². The molecule has 0 N–H and O–H groups in total. The molecule has 0 aliphatic carbocycles. The largest absolute Gasteiger partial charge is 0.445 e. The lowest BCUT2D eigenvalue weighted by Gasteiger charge is -2.29. The average molecular weight is 398 g/mol. The van der Waals surface area contributed by atoms with Crippen molar-refractivity contribution in [3.05, 3.63) is 0 Å². The maximum atomic E-state index is 12.6. The predicted octanol–water partition coefficient (Wildman–Crippen LogP) is 5.30. The summed E-state index contributed by atoms with van der Waals surface area (Å²) in [6.45, 7) is 0. The van der Waals surface area contributed by atoms with Crippen LogP contribution in [0.3, 0.4) is 0 Å². The van der Waals surface area contributed by atoms with Gasteiger partial charge in [-0.2, -0.15) is 71.2 Å². The van der Waals surface area contributed by atoms with Crippen LogP contribution in [-0.2, 0) is 9.78 Å². The summed E-state index contributed by atoms with van der Waals surface area (Å²) in [6, 6.07) is 0. The number of hydrogen-bond donors (Lipinski definition) is 0. The van der Waals surface area contributed by atoms with Crippen molar-refractivity contribution in [2.75, 3.05) is 0 Å². The lowest BCUT2D eigenvalue weighted by Crippen LogP contribution is -2.51. The molecule has 146 valence electrons. The highest BCUT2D eigenvalue weighted by Crippen LogP contribution is 2.47. The van der Waals surface area contributed by atoms with Crippen LogP contribution in [0, 0.1) is 0 Å². The van der Waals surface area contributed by atoms with E-state index >= 15 is 0 Å². The van der Waals surface area contributed by atoms with Crippen LogP contribution in [0.1, 0.15) is 12.8 Å². The van der Waals surface area contributed by atoms with Crippen molar-refractivity contribution in [3.8, 4) is 0 Å². The molecule has 0 aromatic heterocycles. The third-order valence-electron chi connectivity index (χ3n) is 1.95. The highest BCUT2D eigenvalue weighted by molar-refractivity contribution is 4.81. The smallest absolute Gasteiger partial charge is 0.196 e. The van der Waals surface area contributed by atoms with Gasteiger partial charge in [0.1, 0.15) is 12.8 Å². The van der Waals surface area contributed by atoms with Crippen molar-refractivity contribution >= 4 is 0 Å². The van der Waals surface area contributed by atoms with Gasteiger partial charge in [0, 0.05) is 0 Å². The van der Waals surface area contributed by atoms with Crippen molar-refractivity contribution in [2.24, 2.45) is 0 Å². The molecule has 0 bridgehead atoms. The number of rotatable bonds is 7. The number of halogens is 14. The van der Waals surface area contributed by atoms with Crippen LogP contribution in [0.5, 0.6) is 0 Å². The molecule has 0 amide bonds. The van der Waals surface area contributed by atoms with Crippen LogP contribution in [0.15, 0.2) is 0 Å². The minimum atomic E-state index is -6.51. The van der Waals surface area contributed by atoms with Crippen molar-refractivity contribution in [2.45, 2.75) is 49.3 Å². The van der Waals surface area contributed by atoms with E-state index in [4.69, 9.17) is 0 Å².